The number of hydrogen-bond acceptors (Lipinski definition) is 5. The molecule has 7 rings (SSSR count). The number of benzene rings is 3. The summed E-state index contributed by atoms with van der Waals surface area (Å²) in [5.74, 6) is 1.60. The van der Waals surface area contributed by atoms with Crippen molar-refractivity contribution < 1.29 is 9.53 Å². The van der Waals surface area contributed by atoms with Gasteiger partial charge in [0.05, 0.1) is 0 Å². The number of unbranched alkanes of at least 4 members (excludes halogenated alkanes) is 3. The van der Waals surface area contributed by atoms with E-state index >= 15 is 0 Å². The summed E-state index contributed by atoms with van der Waals surface area (Å²) in [5.41, 5.74) is 8.34. The van der Waals surface area contributed by atoms with Crippen molar-refractivity contribution in [3.05, 3.63) is 101 Å². The maximum absolute atomic E-state index is 12.6. The minimum Gasteiger partial charge on any atom is -0.456 e. The highest BCUT2D eigenvalue weighted by molar-refractivity contribution is 7.19. The van der Waals surface area contributed by atoms with E-state index in [9.17, 15) is 10.1 Å². The van der Waals surface area contributed by atoms with Crippen LogP contribution in [0.15, 0.2) is 84.4 Å². The number of carbonyl (C=O) groups excluding carboxylic acids is 1. The van der Waals surface area contributed by atoms with E-state index in [-0.39, 0.29) is 5.57 Å². The molecule has 5 heteroatoms. The van der Waals surface area contributed by atoms with Crippen molar-refractivity contribution in [3.63, 3.8) is 0 Å². The SMILES string of the molecule is CCCCCCc1cc(-c2ccc3c(c2)C2C4CCC(C4)C2N3c2ccccc2)sc1-c1ccc(/C=C(\C#N)C(=O)OC(C)(C)C)cc1. The number of anilines is 2. The normalized spacial score (nSPS) is 21.2. The summed E-state index contributed by atoms with van der Waals surface area (Å²) in [6, 6.07) is 31.6. The molecule has 1 aromatic heterocycles. The Labute approximate surface area is 290 Å². The van der Waals surface area contributed by atoms with E-state index in [1.807, 2.05) is 29.5 Å². The number of esters is 1. The zero-order valence-corrected chi connectivity index (χ0v) is 29.5. The van der Waals surface area contributed by atoms with E-state index in [2.05, 4.69) is 78.6 Å². The Morgan fingerprint density at radius 1 is 0.958 bits per heavy atom. The van der Waals surface area contributed by atoms with Gasteiger partial charge in [0.2, 0.25) is 0 Å². The van der Waals surface area contributed by atoms with Crippen LogP contribution in [0.1, 0.15) is 95.2 Å². The first kappa shape index (κ1) is 32.4. The van der Waals surface area contributed by atoms with Gasteiger partial charge in [-0.3, -0.25) is 0 Å². The number of rotatable bonds is 10. The monoisotopic (exact) mass is 654 g/mol. The summed E-state index contributed by atoms with van der Waals surface area (Å²) in [6.07, 6.45) is 11.7. The lowest BCUT2D eigenvalue weighted by Crippen LogP contribution is -2.35. The Balaban J connectivity index is 1.21. The van der Waals surface area contributed by atoms with Gasteiger partial charge in [-0.2, -0.15) is 5.26 Å². The second kappa shape index (κ2) is 13.4. The molecule has 1 aliphatic heterocycles. The molecular formula is C43H46N2O2S. The molecule has 2 saturated carbocycles. The number of aryl methyl sites for hydroxylation is 1. The van der Waals surface area contributed by atoms with Crippen LogP contribution < -0.4 is 4.90 Å². The van der Waals surface area contributed by atoms with Crippen molar-refractivity contribution in [1.82, 2.24) is 0 Å². The van der Waals surface area contributed by atoms with E-state index in [0.29, 0.717) is 12.0 Å². The van der Waals surface area contributed by atoms with E-state index in [0.717, 1.165) is 23.8 Å². The van der Waals surface area contributed by atoms with Crippen LogP contribution in [0, 0.1) is 23.2 Å². The van der Waals surface area contributed by atoms with E-state index in [1.165, 1.54) is 82.8 Å². The van der Waals surface area contributed by atoms with Crippen LogP contribution >= 0.6 is 11.3 Å². The first-order chi connectivity index (χ1) is 23.2. The lowest BCUT2D eigenvalue weighted by Gasteiger charge is -2.33. The Morgan fingerprint density at radius 3 is 2.44 bits per heavy atom. The molecule has 48 heavy (non-hydrogen) atoms. The molecule has 2 aliphatic carbocycles. The molecule has 2 heterocycles. The summed E-state index contributed by atoms with van der Waals surface area (Å²) in [5, 5.41) is 9.65. The molecule has 4 atom stereocenters. The van der Waals surface area contributed by atoms with Gasteiger partial charge in [0.15, 0.2) is 0 Å². The molecule has 4 nitrogen and oxygen atoms in total. The van der Waals surface area contributed by atoms with Crippen molar-refractivity contribution in [2.75, 3.05) is 4.90 Å². The third-order valence-corrected chi connectivity index (χ3v) is 11.7. The second-order valence-electron chi connectivity index (χ2n) is 14.9. The van der Waals surface area contributed by atoms with Crippen LogP contribution in [0.25, 0.3) is 27.0 Å². The lowest BCUT2D eigenvalue weighted by molar-refractivity contribution is -0.149. The molecule has 0 N–H and O–H groups in total. The van der Waals surface area contributed by atoms with Gasteiger partial charge in [0.25, 0.3) is 0 Å². The average Bonchev–Trinajstić information content (AvgIpc) is 3.87. The highest BCUT2D eigenvalue weighted by atomic mass is 32.1. The van der Waals surface area contributed by atoms with Gasteiger partial charge in [0, 0.05) is 33.1 Å². The van der Waals surface area contributed by atoms with Crippen molar-refractivity contribution in [1.29, 1.82) is 5.26 Å². The second-order valence-corrected chi connectivity index (χ2v) is 16.0. The fourth-order valence-corrected chi connectivity index (χ4v) is 9.65. The quantitative estimate of drug-likeness (QED) is 0.0739. The maximum atomic E-state index is 12.6. The number of hydrogen-bond donors (Lipinski definition) is 0. The Kier molecular flexibility index (Phi) is 9.05. The van der Waals surface area contributed by atoms with E-state index in [1.54, 1.807) is 32.4 Å². The van der Waals surface area contributed by atoms with Crippen LogP contribution in [-0.2, 0) is 16.0 Å². The molecular weight excluding hydrogens is 609 g/mol. The highest BCUT2D eigenvalue weighted by Crippen LogP contribution is 2.62. The molecule has 0 radical (unpaired) electrons. The van der Waals surface area contributed by atoms with Crippen molar-refractivity contribution >= 4 is 34.8 Å². The minimum atomic E-state index is -0.653. The van der Waals surface area contributed by atoms with Crippen LogP contribution in [0.4, 0.5) is 11.4 Å². The molecule has 4 aromatic rings. The number of nitriles is 1. The van der Waals surface area contributed by atoms with E-state index in [4.69, 9.17) is 4.74 Å². The van der Waals surface area contributed by atoms with Gasteiger partial charge in [-0.15, -0.1) is 11.3 Å². The standard InChI is InChI=1S/C43H46N2O2S/c1-5-6-7-9-12-33-26-38(48-41(33)29-17-15-28(16-18-29)23-34(27-44)42(46)47-43(2,3)4)30-21-22-37-36(25-30)39-31-19-20-32(24-31)40(39)45(37)35-13-10-8-11-14-35/h8,10-11,13-18,21-23,25-26,31-32,39-40H,5-7,9,12,19-20,24H2,1-4H3/b34-23+. The Morgan fingerprint density at radius 2 is 1.71 bits per heavy atom. The predicted octanol–water partition coefficient (Wildman–Crippen LogP) is 11.5. The average molecular weight is 655 g/mol. The van der Waals surface area contributed by atoms with Crippen molar-refractivity contribution in [2.24, 2.45) is 11.8 Å². The van der Waals surface area contributed by atoms with Crippen LogP contribution in [0.2, 0.25) is 0 Å². The molecule has 4 unspecified atom stereocenters. The van der Waals surface area contributed by atoms with Crippen LogP contribution in [0.5, 0.6) is 0 Å². The molecule has 2 bridgehead atoms. The third-order valence-electron chi connectivity index (χ3n) is 10.5. The van der Waals surface area contributed by atoms with Gasteiger partial charge in [0.1, 0.15) is 17.2 Å². The first-order valence-electron chi connectivity index (χ1n) is 17.8. The maximum Gasteiger partial charge on any atom is 0.349 e. The largest absolute Gasteiger partial charge is 0.456 e. The number of carbonyl (C=O) groups is 1. The number of ether oxygens (including phenoxy) is 1. The highest BCUT2D eigenvalue weighted by Gasteiger charge is 2.55. The summed E-state index contributed by atoms with van der Waals surface area (Å²) in [6.45, 7) is 7.68. The lowest BCUT2D eigenvalue weighted by atomic mass is 9.81. The molecule has 246 valence electrons. The van der Waals surface area contributed by atoms with Gasteiger partial charge < -0.3 is 9.64 Å². The molecule has 0 spiro atoms. The number of nitrogens with zero attached hydrogens (tertiary/aromatic N) is 2. The van der Waals surface area contributed by atoms with Crippen LogP contribution in [-0.4, -0.2) is 17.6 Å². The van der Waals surface area contributed by atoms with Crippen molar-refractivity contribution in [2.45, 2.75) is 96.6 Å². The van der Waals surface area contributed by atoms with Gasteiger partial charge in [-0.05, 0) is 129 Å². The Bertz CT molecular complexity index is 1860. The fourth-order valence-electron chi connectivity index (χ4n) is 8.44. The summed E-state index contributed by atoms with van der Waals surface area (Å²) < 4.78 is 5.43. The number of thiophene rings is 1. The minimum absolute atomic E-state index is 0.00728. The Hall–Kier alpha value is -4.14. The zero-order valence-electron chi connectivity index (χ0n) is 28.7. The summed E-state index contributed by atoms with van der Waals surface area (Å²) in [7, 11) is 0. The molecule has 3 aliphatic rings. The topological polar surface area (TPSA) is 53.3 Å². The summed E-state index contributed by atoms with van der Waals surface area (Å²) in [4.78, 5) is 17.9. The number of para-hydroxylation sites is 1. The smallest absolute Gasteiger partial charge is 0.349 e. The molecule has 0 saturated heterocycles. The van der Waals surface area contributed by atoms with Gasteiger partial charge in [-0.1, -0.05) is 74.7 Å². The van der Waals surface area contributed by atoms with E-state index < -0.39 is 11.6 Å². The molecule has 0 amide bonds. The molecule has 3 aromatic carbocycles. The number of fused-ring (bicyclic) bond motifs is 7. The van der Waals surface area contributed by atoms with Gasteiger partial charge >= 0.3 is 5.97 Å². The van der Waals surface area contributed by atoms with Gasteiger partial charge in [-0.25, -0.2) is 4.79 Å². The summed E-state index contributed by atoms with van der Waals surface area (Å²) >= 11 is 1.89. The van der Waals surface area contributed by atoms with Crippen molar-refractivity contribution in [3.8, 4) is 27.0 Å². The predicted molar refractivity (Wildman–Crippen MR) is 198 cm³/mol. The molecule has 2 fully saturated rings. The zero-order chi connectivity index (χ0) is 33.4. The third kappa shape index (κ3) is 6.36. The van der Waals surface area contributed by atoms with Crippen LogP contribution in [0.3, 0.4) is 0 Å². The fraction of sp³-hybridized carbons (Fsp3) is 0.395. The first-order valence-corrected chi connectivity index (χ1v) is 18.6.